The first kappa shape index (κ1) is 19.7. The van der Waals surface area contributed by atoms with Crippen molar-refractivity contribution in [1.82, 2.24) is 19.7 Å². The summed E-state index contributed by atoms with van der Waals surface area (Å²) in [5.41, 5.74) is 4.74. The van der Waals surface area contributed by atoms with Gasteiger partial charge in [-0.15, -0.1) is 0 Å². The quantitative estimate of drug-likeness (QED) is 0.409. The fourth-order valence-electron chi connectivity index (χ4n) is 4.47. The van der Waals surface area contributed by atoms with Crippen LogP contribution in [-0.2, 0) is 6.42 Å². The molecule has 1 saturated heterocycles. The molecule has 0 atom stereocenters. The lowest BCUT2D eigenvalue weighted by Gasteiger charge is -2.31. The predicted molar refractivity (Wildman–Crippen MR) is 124 cm³/mol. The van der Waals surface area contributed by atoms with Gasteiger partial charge in [0, 0.05) is 34.9 Å². The molecule has 3 heterocycles. The fraction of sp³-hybridized carbons (Fsp3) is 0.292. The van der Waals surface area contributed by atoms with Crippen LogP contribution in [0.5, 0.6) is 0 Å². The molecule has 0 spiro atoms. The van der Waals surface area contributed by atoms with Crippen LogP contribution in [0.2, 0.25) is 10.0 Å². The summed E-state index contributed by atoms with van der Waals surface area (Å²) in [6.07, 6.45) is 9.56. The van der Waals surface area contributed by atoms with Gasteiger partial charge in [0.05, 0.1) is 16.9 Å². The van der Waals surface area contributed by atoms with E-state index >= 15 is 0 Å². The van der Waals surface area contributed by atoms with E-state index in [4.69, 9.17) is 23.2 Å². The summed E-state index contributed by atoms with van der Waals surface area (Å²) < 4.78 is 1.87. The van der Waals surface area contributed by atoms with Crippen LogP contribution in [0.4, 0.5) is 0 Å². The molecule has 4 nitrogen and oxygen atoms in total. The van der Waals surface area contributed by atoms with Gasteiger partial charge in [0.25, 0.3) is 0 Å². The molecule has 1 aliphatic rings. The maximum atomic E-state index is 6.29. The summed E-state index contributed by atoms with van der Waals surface area (Å²) in [6.45, 7) is 3.30. The summed E-state index contributed by atoms with van der Waals surface area (Å²) in [5, 5.41) is 7.28. The second-order valence-corrected chi connectivity index (χ2v) is 8.89. The Morgan fingerprint density at radius 2 is 1.90 bits per heavy atom. The number of hydrogen-bond acceptors (Lipinski definition) is 2. The normalized spacial score (nSPS) is 15.8. The molecule has 4 aromatic rings. The number of rotatable bonds is 5. The van der Waals surface area contributed by atoms with Crippen LogP contribution >= 0.6 is 23.2 Å². The number of aromatic nitrogens is 3. The number of fused-ring (bicyclic) bond motifs is 1. The van der Waals surface area contributed by atoms with Gasteiger partial charge in [-0.1, -0.05) is 35.3 Å². The molecule has 6 heteroatoms. The number of halogens is 2. The van der Waals surface area contributed by atoms with Crippen LogP contribution in [0, 0.1) is 0 Å². The molecule has 0 amide bonds. The summed E-state index contributed by atoms with van der Waals surface area (Å²) in [4.78, 5) is 5.96. The lowest BCUT2D eigenvalue weighted by Crippen LogP contribution is -2.34. The number of hydrogen-bond donors (Lipinski definition) is 1. The number of likely N-dealkylation sites (tertiary alicyclic amines) is 1. The van der Waals surface area contributed by atoms with Gasteiger partial charge in [-0.25, -0.2) is 4.68 Å². The van der Waals surface area contributed by atoms with Crippen LogP contribution in [-0.4, -0.2) is 39.3 Å². The zero-order chi connectivity index (χ0) is 20.5. The molecule has 154 valence electrons. The van der Waals surface area contributed by atoms with E-state index in [0.717, 1.165) is 36.8 Å². The molecule has 0 aliphatic carbocycles. The van der Waals surface area contributed by atoms with Gasteiger partial charge in [-0.05, 0) is 79.7 Å². The van der Waals surface area contributed by atoms with Gasteiger partial charge in [0.15, 0.2) is 0 Å². The molecule has 1 aliphatic heterocycles. The molecule has 5 rings (SSSR count). The lowest BCUT2D eigenvalue weighted by molar-refractivity contribution is 0.215. The minimum absolute atomic E-state index is 0.594. The number of piperidine rings is 1. The largest absolute Gasteiger partial charge is 0.361 e. The molecule has 0 radical (unpaired) electrons. The summed E-state index contributed by atoms with van der Waals surface area (Å²) in [7, 11) is 0. The van der Waals surface area contributed by atoms with Crippen molar-refractivity contribution in [3.05, 3.63) is 82.2 Å². The second-order valence-electron chi connectivity index (χ2n) is 8.04. The average molecular weight is 439 g/mol. The maximum Gasteiger partial charge on any atom is 0.0831 e. The predicted octanol–water partition coefficient (Wildman–Crippen LogP) is 6.08. The van der Waals surface area contributed by atoms with Crippen LogP contribution in [0.3, 0.4) is 0 Å². The van der Waals surface area contributed by atoms with E-state index in [1.165, 1.54) is 34.9 Å². The topological polar surface area (TPSA) is 36.9 Å². The first-order chi connectivity index (χ1) is 14.7. The maximum absolute atomic E-state index is 6.29. The summed E-state index contributed by atoms with van der Waals surface area (Å²) >= 11 is 12.5. The average Bonchev–Trinajstić information content (AvgIpc) is 3.40. The highest BCUT2D eigenvalue weighted by atomic mass is 35.5. The van der Waals surface area contributed by atoms with Crippen LogP contribution in [0.15, 0.2) is 61.1 Å². The molecule has 2 aromatic heterocycles. The van der Waals surface area contributed by atoms with Crippen molar-refractivity contribution < 1.29 is 0 Å². The van der Waals surface area contributed by atoms with E-state index in [-0.39, 0.29) is 0 Å². The van der Waals surface area contributed by atoms with Gasteiger partial charge in [0.1, 0.15) is 0 Å². The Hall–Kier alpha value is -2.27. The van der Waals surface area contributed by atoms with Crippen molar-refractivity contribution >= 4 is 34.1 Å². The Morgan fingerprint density at radius 3 is 2.73 bits per heavy atom. The minimum Gasteiger partial charge on any atom is -0.361 e. The highest BCUT2D eigenvalue weighted by Gasteiger charge is 2.23. The molecule has 30 heavy (non-hydrogen) atoms. The molecule has 0 unspecified atom stereocenters. The Kier molecular flexibility index (Phi) is 5.55. The number of nitrogens with zero attached hydrogens (tertiary/aromatic N) is 3. The van der Waals surface area contributed by atoms with Crippen molar-refractivity contribution in [2.75, 3.05) is 19.6 Å². The van der Waals surface area contributed by atoms with E-state index in [0.29, 0.717) is 10.9 Å². The number of nitrogens with one attached hydrogen (secondary N) is 1. The summed E-state index contributed by atoms with van der Waals surface area (Å²) in [6, 6.07) is 13.9. The van der Waals surface area contributed by atoms with Gasteiger partial charge >= 0.3 is 0 Å². The molecule has 1 N–H and O–H groups in total. The number of para-hydroxylation sites is 1. The van der Waals surface area contributed by atoms with E-state index in [9.17, 15) is 0 Å². The van der Waals surface area contributed by atoms with Crippen LogP contribution < -0.4 is 0 Å². The second kappa shape index (κ2) is 8.46. The Labute approximate surface area is 186 Å². The van der Waals surface area contributed by atoms with Gasteiger partial charge < -0.3 is 9.88 Å². The Balaban J connectivity index is 1.18. The Morgan fingerprint density at radius 1 is 1.07 bits per heavy atom. The molecular weight excluding hydrogens is 415 g/mol. The third-order valence-corrected chi connectivity index (χ3v) is 6.71. The van der Waals surface area contributed by atoms with Crippen molar-refractivity contribution in [3.8, 4) is 5.69 Å². The lowest BCUT2D eigenvalue weighted by atomic mass is 9.89. The monoisotopic (exact) mass is 438 g/mol. The fourth-order valence-corrected chi connectivity index (χ4v) is 4.86. The number of aromatic amines is 1. The van der Waals surface area contributed by atoms with Crippen molar-refractivity contribution in [3.63, 3.8) is 0 Å². The SMILES string of the molecule is Clc1ccc2[nH]cc(C3CCN(CCc4cnn(-c5ccccc5Cl)c4)CC3)c2c1. The number of benzene rings is 2. The molecule has 0 saturated carbocycles. The first-order valence-corrected chi connectivity index (χ1v) is 11.2. The smallest absolute Gasteiger partial charge is 0.0831 e. The third-order valence-electron chi connectivity index (χ3n) is 6.16. The van der Waals surface area contributed by atoms with Gasteiger partial charge in [-0.2, -0.15) is 5.10 Å². The van der Waals surface area contributed by atoms with Crippen molar-refractivity contribution in [2.45, 2.75) is 25.2 Å². The van der Waals surface area contributed by atoms with Crippen LogP contribution in [0.1, 0.15) is 29.9 Å². The van der Waals surface area contributed by atoms with Gasteiger partial charge in [0.2, 0.25) is 0 Å². The zero-order valence-electron chi connectivity index (χ0n) is 16.7. The van der Waals surface area contributed by atoms with E-state index in [2.05, 4.69) is 39.5 Å². The van der Waals surface area contributed by atoms with Crippen molar-refractivity contribution in [2.24, 2.45) is 0 Å². The first-order valence-electron chi connectivity index (χ1n) is 10.4. The highest BCUT2D eigenvalue weighted by molar-refractivity contribution is 6.32. The number of H-pyrrole nitrogens is 1. The van der Waals surface area contributed by atoms with E-state index in [1.807, 2.05) is 41.2 Å². The molecule has 2 aromatic carbocycles. The Bertz CT molecular complexity index is 1150. The standard InChI is InChI=1S/C24H24Cl2N4/c25-19-5-6-23-20(13-19)21(15-27-23)18-8-11-29(12-9-18)10-7-17-14-28-30(16-17)24-4-2-1-3-22(24)26/h1-6,13-16,18,27H,7-12H2. The van der Waals surface area contributed by atoms with Crippen LogP contribution in [0.25, 0.3) is 16.6 Å². The third kappa shape index (κ3) is 4.00. The molecule has 1 fully saturated rings. The summed E-state index contributed by atoms with van der Waals surface area (Å²) in [5.74, 6) is 0.594. The highest BCUT2D eigenvalue weighted by Crippen LogP contribution is 2.34. The zero-order valence-corrected chi connectivity index (χ0v) is 18.2. The molecular formula is C24H24Cl2N4. The van der Waals surface area contributed by atoms with E-state index in [1.54, 1.807) is 0 Å². The van der Waals surface area contributed by atoms with Gasteiger partial charge in [-0.3, -0.25) is 0 Å². The van der Waals surface area contributed by atoms with E-state index < -0.39 is 0 Å². The molecule has 0 bridgehead atoms. The van der Waals surface area contributed by atoms with Crippen molar-refractivity contribution in [1.29, 1.82) is 0 Å². The minimum atomic E-state index is 0.594.